The van der Waals surface area contributed by atoms with Gasteiger partial charge in [-0.25, -0.2) is 0 Å². The van der Waals surface area contributed by atoms with Crippen molar-refractivity contribution in [3.05, 3.63) is 59.1 Å². The van der Waals surface area contributed by atoms with Crippen LogP contribution in [0, 0.1) is 0 Å². The molecule has 3 rings (SSSR count). The van der Waals surface area contributed by atoms with Crippen LogP contribution in [0.3, 0.4) is 0 Å². The predicted octanol–water partition coefficient (Wildman–Crippen LogP) is 5.32. The largest absolute Gasteiger partial charge is 0.385 e. The molecule has 0 radical (unpaired) electrons. The van der Waals surface area contributed by atoms with E-state index in [1.807, 2.05) is 60.0 Å². The second-order valence-electron chi connectivity index (χ2n) is 7.08. The third-order valence-corrected chi connectivity index (χ3v) is 6.25. The van der Waals surface area contributed by atoms with Crippen molar-refractivity contribution in [1.29, 1.82) is 0 Å². The van der Waals surface area contributed by atoms with Crippen LogP contribution in [0.1, 0.15) is 25.8 Å². The molecule has 0 saturated heterocycles. The second kappa shape index (κ2) is 11.3. The average Bonchev–Trinajstić information content (AvgIpc) is 3.16. The number of nitrogens with zero attached hydrogens (tertiary/aromatic N) is 3. The maximum absolute atomic E-state index is 12.7. The van der Waals surface area contributed by atoms with E-state index in [2.05, 4.69) is 22.4 Å². The number of anilines is 1. The zero-order valence-corrected chi connectivity index (χ0v) is 19.5. The number of halogens is 1. The molecule has 0 aliphatic rings. The molecule has 8 heteroatoms. The molecule has 1 heterocycles. The Kier molecular flexibility index (Phi) is 8.51. The average molecular weight is 459 g/mol. The monoisotopic (exact) mass is 458 g/mol. The summed E-state index contributed by atoms with van der Waals surface area (Å²) in [6.07, 6.45) is 1.76. The van der Waals surface area contributed by atoms with Crippen molar-refractivity contribution in [3.8, 4) is 11.4 Å². The van der Waals surface area contributed by atoms with Crippen molar-refractivity contribution >= 4 is 35.0 Å². The van der Waals surface area contributed by atoms with E-state index in [4.69, 9.17) is 16.3 Å². The number of nitrogens with one attached hydrogen (secondary N) is 1. The van der Waals surface area contributed by atoms with Gasteiger partial charge in [-0.2, -0.15) is 0 Å². The Bertz CT molecular complexity index is 1010. The van der Waals surface area contributed by atoms with Crippen LogP contribution in [0.25, 0.3) is 11.4 Å². The highest BCUT2D eigenvalue weighted by Gasteiger charge is 2.21. The van der Waals surface area contributed by atoms with Crippen LogP contribution in [0.4, 0.5) is 5.69 Å². The zero-order chi connectivity index (χ0) is 22.2. The van der Waals surface area contributed by atoms with Gasteiger partial charge >= 0.3 is 0 Å². The van der Waals surface area contributed by atoms with Gasteiger partial charge < -0.3 is 14.6 Å². The van der Waals surface area contributed by atoms with Crippen LogP contribution in [0.15, 0.2) is 53.7 Å². The Hall–Kier alpha value is -2.35. The van der Waals surface area contributed by atoms with Crippen LogP contribution >= 0.6 is 23.4 Å². The lowest BCUT2D eigenvalue weighted by molar-refractivity contribution is -0.115. The van der Waals surface area contributed by atoms with Gasteiger partial charge in [0, 0.05) is 31.5 Å². The van der Waals surface area contributed by atoms with Gasteiger partial charge in [-0.1, -0.05) is 54.6 Å². The molecule has 2 aromatic carbocycles. The number of methoxy groups -OCH3 is 1. The summed E-state index contributed by atoms with van der Waals surface area (Å²) in [6.45, 7) is 5.25. The summed E-state index contributed by atoms with van der Waals surface area (Å²) < 4.78 is 7.21. The van der Waals surface area contributed by atoms with E-state index in [0.29, 0.717) is 29.2 Å². The minimum Gasteiger partial charge on any atom is -0.385 e. The van der Waals surface area contributed by atoms with E-state index >= 15 is 0 Å². The molecule has 1 N–H and O–H groups in total. The number of aryl methyl sites for hydroxylation is 1. The molecule has 1 unspecified atom stereocenters. The van der Waals surface area contributed by atoms with Crippen molar-refractivity contribution in [3.63, 3.8) is 0 Å². The third-order valence-electron chi connectivity index (χ3n) is 4.84. The van der Waals surface area contributed by atoms with Crippen molar-refractivity contribution < 1.29 is 9.53 Å². The lowest BCUT2D eigenvalue weighted by atomic mass is 10.1. The van der Waals surface area contributed by atoms with E-state index in [9.17, 15) is 4.79 Å². The predicted molar refractivity (Wildman–Crippen MR) is 127 cm³/mol. The van der Waals surface area contributed by atoms with Gasteiger partial charge in [-0.15, -0.1) is 10.2 Å². The number of amides is 1. The van der Waals surface area contributed by atoms with Crippen LogP contribution in [0.5, 0.6) is 0 Å². The van der Waals surface area contributed by atoms with Gasteiger partial charge in [0.2, 0.25) is 5.91 Å². The number of hydrogen-bond donors (Lipinski definition) is 1. The summed E-state index contributed by atoms with van der Waals surface area (Å²) in [6, 6.07) is 15.5. The van der Waals surface area contributed by atoms with E-state index in [-0.39, 0.29) is 11.2 Å². The van der Waals surface area contributed by atoms with Crippen molar-refractivity contribution in [2.75, 3.05) is 19.0 Å². The van der Waals surface area contributed by atoms with E-state index in [1.54, 1.807) is 7.11 Å². The fourth-order valence-electron chi connectivity index (χ4n) is 3.07. The molecule has 1 amide bonds. The summed E-state index contributed by atoms with van der Waals surface area (Å²) in [7, 11) is 1.68. The molecule has 1 atom stereocenters. The molecule has 0 saturated carbocycles. The molecule has 6 nitrogen and oxygen atoms in total. The zero-order valence-electron chi connectivity index (χ0n) is 18.0. The number of aromatic nitrogens is 3. The van der Waals surface area contributed by atoms with Gasteiger partial charge in [0.05, 0.1) is 10.3 Å². The summed E-state index contributed by atoms with van der Waals surface area (Å²) in [4.78, 5) is 12.7. The highest BCUT2D eigenvalue weighted by molar-refractivity contribution is 8.00. The standard InChI is InChI=1S/C23H27ClN4O2S/c1-4-17-10-12-18(13-11-17)25-22(29)16(2)31-23-27-26-21(28(23)14-7-15-30-3)19-8-5-6-9-20(19)24/h5-6,8-13,16H,4,7,14-15H2,1-3H3,(H,25,29). The van der Waals surface area contributed by atoms with E-state index < -0.39 is 0 Å². The first-order valence-corrected chi connectivity index (χ1v) is 11.5. The molecule has 0 fully saturated rings. The van der Waals surface area contributed by atoms with Gasteiger partial charge in [-0.05, 0) is 49.6 Å². The van der Waals surface area contributed by atoms with Gasteiger partial charge in [0.1, 0.15) is 0 Å². The molecular weight excluding hydrogens is 432 g/mol. The maximum Gasteiger partial charge on any atom is 0.237 e. The summed E-state index contributed by atoms with van der Waals surface area (Å²) in [5.41, 5.74) is 2.83. The van der Waals surface area contributed by atoms with Crippen LogP contribution in [-0.4, -0.2) is 39.6 Å². The number of thioether (sulfide) groups is 1. The summed E-state index contributed by atoms with van der Waals surface area (Å²) in [5, 5.41) is 12.6. The Morgan fingerprint density at radius 2 is 1.94 bits per heavy atom. The van der Waals surface area contributed by atoms with E-state index in [1.165, 1.54) is 17.3 Å². The third kappa shape index (κ3) is 6.09. The van der Waals surface area contributed by atoms with Crippen molar-refractivity contribution in [1.82, 2.24) is 14.8 Å². The minimum atomic E-state index is -0.352. The first-order valence-electron chi connectivity index (χ1n) is 10.3. The first-order chi connectivity index (χ1) is 15.0. The number of hydrogen-bond acceptors (Lipinski definition) is 5. The van der Waals surface area contributed by atoms with Crippen LogP contribution < -0.4 is 5.32 Å². The topological polar surface area (TPSA) is 69.0 Å². The molecule has 0 aliphatic heterocycles. The van der Waals surface area contributed by atoms with Gasteiger partial charge in [0.25, 0.3) is 0 Å². The molecule has 3 aromatic rings. The number of benzene rings is 2. The number of ether oxygens (including phenoxy) is 1. The van der Waals surface area contributed by atoms with Crippen LogP contribution in [0.2, 0.25) is 5.02 Å². The molecule has 0 spiro atoms. The SMILES string of the molecule is CCc1ccc(NC(=O)C(C)Sc2nnc(-c3ccccc3Cl)n2CCCOC)cc1. The van der Waals surface area contributed by atoms with Crippen LogP contribution in [-0.2, 0) is 22.5 Å². The van der Waals surface area contributed by atoms with E-state index in [0.717, 1.165) is 24.1 Å². The van der Waals surface area contributed by atoms with Crippen molar-refractivity contribution in [2.24, 2.45) is 0 Å². The smallest absolute Gasteiger partial charge is 0.237 e. The fraction of sp³-hybridized carbons (Fsp3) is 0.348. The molecular formula is C23H27ClN4O2S. The highest BCUT2D eigenvalue weighted by atomic mass is 35.5. The molecule has 31 heavy (non-hydrogen) atoms. The molecule has 1 aromatic heterocycles. The second-order valence-corrected chi connectivity index (χ2v) is 8.80. The number of rotatable bonds is 10. The lowest BCUT2D eigenvalue weighted by Crippen LogP contribution is -2.23. The first kappa shape index (κ1) is 23.3. The quantitative estimate of drug-likeness (QED) is 0.329. The minimum absolute atomic E-state index is 0.0833. The summed E-state index contributed by atoms with van der Waals surface area (Å²) >= 11 is 7.77. The summed E-state index contributed by atoms with van der Waals surface area (Å²) in [5.74, 6) is 0.604. The Morgan fingerprint density at radius 1 is 1.19 bits per heavy atom. The normalized spacial score (nSPS) is 12.0. The maximum atomic E-state index is 12.7. The Balaban J connectivity index is 1.77. The molecule has 0 aliphatic carbocycles. The number of carbonyl (C=O) groups excluding carboxylic acids is 1. The number of carbonyl (C=O) groups is 1. The molecule has 0 bridgehead atoms. The molecule has 164 valence electrons. The highest BCUT2D eigenvalue weighted by Crippen LogP contribution is 2.31. The lowest BCUT2D eigenvalue weighted by Gasteiger charge is -2.14. The van der Waals surface area contributed by atoms with Gasteiger partial charge in [0.15, 0.2) is 11.0 Å². The Morgan fingerprint density at radius 3 is 2.61 bits per heavy atom. The van der Waals surface area contributed by atoms with Gasteiger partial charge in [-0.3, -0.25) is 4.79 Å². The fourth-order valence-corrected chi connectivity index (χ4v) is 4.16. The Labute approximate surface area is 192 Å². The van der Waals surface area contributed by atoms with Crippen molar-refractivity contribution in [2.45, 2.75) is 43.6 Å².